The monoisotopic (exact) mass is 878 g/mol. The number of benzene rings is 11. The summed E-state index contributed by atoms with van der Waals surface area (Å²) in [5.74, 6) is 1.51. The van der Waals surface area contributed by atoms with Gasteiger partial charge in [0.25, 0.3) is 0 Å². The molecule has 15 aromatic rings. The molecule has 0 unspecified atom stereocenters. The molecule has 0 fully saturated rings. The molecule has 5 nitrogen and oxygen atoms in total. The number of fused-ring (bicyclic) bond motifs is 9. The van der Waals surface area contributed by atoms with Crippen molar-refractivity contribution < 1.29 is 4.42 Å². The van der Waals surface area contributed by atoms with E-state index < -0.39 is 0 Å². The minimum Gasteiger partial charge on any atom is -0.456 e. The van der Waals surface area contributed by atoms with Crippen molar-refractivity contribution in [3.05, 3.63) is 231 Å². The van der Waals surface area contributed by atoms with Crippen molar-refractivity contribution >= 4 is 87.1 Å². The minimum atomic E-state index is 0.681. The summed E-state index contributed by atoms with van der Waals surface area (Å²) in [7, 11) is 0. The number of nitrogens with zero attached hydrogens (tertiary/aromatic N) is 4. The predicted octanol–water partition coefficient (Wildman–Crippen LogP) is 17.0. The van der Waals surface area contributed by atoms with Crippen LogP contribution in [0.25, 0.3) is 143 Å². The quantitative estimate of drug-likeness (QED) is 0.156. The fourth-order valence-electron chi connectivity index (χ4n) is 11.2. The highest BCUT2D eigenvalue weighted by atomic mass is 16.3. The molecule has 0 saturated carbocycles. The van der Waals surface area contributed by atoms with Crippen LogP contribution in [-0.4, -0.2) is 19.1 Å². The van der Waals surface area contributed by atoms with Crippen molar-refractivity contribution in [2.24, 2.45) is 0 Å². The van der Waals surface area contributed by atoms with Gasteiger partial charge in [0.05, 0.1) is 27.8 Å². The predicted molar refractivity (Wildman–Crippen MR) is 286 cm³/mol. The lowest BCUT2D eigenvalue weighted by atomic mass is 9.92. The van der Waals surface area contributed by atoms with Gasteiger partial charge in [-0.1, -0.05) is 152 Å². The highest BCUT2D eigenvalue weighted by Crippen LogP contribution is 2.44. The van der Waals surface area contributed by atoms with Crippen LogP contribution in [0.3, 0.4) is 0 Å². The number of aromatic nitrogens is 4. The number of para-hydroxylation sites is 3. The average Bonchev–Trinajstić information content (AvgIpc) is 4.09. The molecule has 5 heteroatoms. The fourth-order valence-corrected chi connectivity index (χ4v) is 11.2. The third-order valence-corrected chi connectivity index (χ3v) is 14.3. The van der Waals surface area contributed by atoms with Crippen LogP contribution < -0.4 is 0 Å². The van der Waals surface area contributed by atoms with Gasteiger partial charge in [0, 0.05) is 55.2 Å². The zero-order valence-corrected chi connectivity index (χ0v) is 37.1. The maximum absolute atomic E-state index is 6.36. The summed E-state index contributed by atoms with van der Waals surface area (Å²) >= 11 is 0. The largest absolute Gasteiger partial charge is 0.456 e. The van der Waals surface area contributed by atoms with Crippen molar-refractivity contribution in [3.8, 4) is 56.4 Å². The molecule has 11 aromatic carbocycles. The van der Waals surface area contributed by atoms with E-state index in [1.807, 2.05) is 18.2 Å². The van der Waals surface area contributed by atoms with E-state index in [4.69, 9.17) is 14.4 Å². The molecule has 0 N–H and O–H groups in total. The van der Waals surface area contributed by atoms with Gasteiger partial charge in [-0.15, -0.1) is 0 Å². The number of hydrogen-bond acceptors (Lipinski definition) is 3. The summed E-state index contributed by atoms with van der Waals surface area (Å²) in [4.78, 5) is 10.5. The maximum Gasteiger partial charge on any atom is 0.162 e. The molecule has 69 heavy (non-hydrogen) atoms. The Balaban J connectivity index is 0.897. The average molecular weight is 879 g/mol. The Labute approximate surface area is 395 Å². The van der Waals surface area contributed by atoms with E-state index in [0.717, 1.165) is 72.7 Å². The smallest absolute Gasteiger partial charge is 0.162 e. The van der Waals surface area contributed by atoms with Crippen LogP contribution in [0.15, 0.2) is 235 Å². The first kappa shape index (κ1) is 37.9. The van der Waals surface area contributed by atoms with Crippen LogP contribution in [0.1, 0.15) is 0 Å². The summed E-state index contributed by atoms with van der Waals surface area (Å²) in [5, 5.41) is 12.1. The zero-order valence-electron chi connectivity index (χ0n) is 37.1. The summed E-state index contributed by atoms with van der Waals surface area (Å²) < 4.78 is 11.0. The number of furan rings is 1. The second kappa shape index (κ2) is 14.6. The zero-order chi connectivity index (χ0) is 45.2. The molecule has 0 bridgehead atoms. The molecule has 320 valence electrons. The van der Waals surface area contributed by atoms with Crippen molar-refractivity contribution in [2.45, 2.75) is 0 Å². The second-order valence-corrected chi connectivity index (χ2v) is 18.1. The molecule has 0 aliphatic carbocycles. The molecular weight excluding hydrogens is 841 g/mol. The lowest BCUT2D eigenvalue weighted by molar-refractivity contribution is 0.669. The standard InChI is InChI=1S/C64H38N4O/c1-3-14-39(15-4-1)64-65-54(38-61(66-64)68-55-24-9-7-20-47(55)48-21-8-10-25-56(48)68)44-17-11-16-40(34-44)42-29-32-57-52(36-42)53-37-43(30-33-58(53)67(57)45-18-5-2-6-19-45)41-28-31-46-49-22-12-26-59-62(49)63-50(51(46)35-41)23-13-27-60(63)69-59/h1-38H. The lowest BCUT2D eigenvalue weighted by Gasteiger charge is -2.13. The maximum atomic E-state index is 6.36. The van der Waals surface area contributed by atoms with E-state index in [1.165, 1.54) is 65.0 Å². The second-order valence-electron chi connectivity index (χ2n) is 18.1. The third-order valence-electron chi connectivity index (χ3n) is 14.3. The van der Waals surface area contributed by atoms with Gasteiger partial charge in [-0.05, 0) is 117 Å². The van der Waals surface area contributed by atoms with Crippen LogP contribution in [0, 0.1) is 0 Å². The Morgan fingerprint density at radius 2 is 0.783 bits per heavy atom. The van der Waals surface area contributed by atoms with Crippen molar-refractivity contribution in [1.29, 1.82) is 0 Å². The molecule has 0 atom stereocenters. The first-order valence-electron chi connectivity index (χ1n) is 23.5. The number of rotatable bonds is 6. The van der Waals surface area contributed by atoms with Crippen LogP contribution in [-0.2, 0) is 0 Å². The minimum absolute atomic E-state index is 0.681. The molecule has 0 saturated heterocycles. The van der Waals surface area contributed by atoms with E-state index >= 15 is 0 Å². The molecule has 0 amide bonds. The van der Waals surface area contributed by atoms with Gasteiger partial charge in [-0.25, -0.2) is 9.97 Å². The topological polar surface area (TPSA) is 48.8 Å². The van der Waals surface area contributed by atoms with E-state index in [0.29, 0.717) is 5.82 Å². The van der Waals surface area contributed by atoms with Gasteiger partial charge < -0.3 is 8.98 Å². The normalized spacial score (nSPS) is 12.1. The van der Waals surface area contributed by atoms with Gasteiger partial charge in [0.15, 0.2) is 5.82 Å². The highest BCUT2D eigenvalue weighted by Gasteiger charge is 2.20. The summed E-state index contributed by atoms with van der Waals surface area (Å²) in [6.45, 7) is 0. The van der Waals surface area contributed by atoms with Crippen LogP contribution in [0.2, 0.25) is 0 Å². The lowest BCUT2D eigenvalue weighted by Crippen LogP contribution is -2.02. The Morgan fingerprint density at radius 1 is 0.290 bits per heavy atom. The summed E-state index contributed by atoms with van der Waals surface area (Å²) in [6.07, 6.45) is 0. The first-order valence-corrected chi connectivity index (χ1v) is 23.5. The molecule has 4 aromatic heterocycles. The first-order chi connectivity index (χ1) is 34.2. The van der Waals surface area contributed by atoms with Crippen molar-refractivity contribution in [2.75, 3.05) is 0 Å². The van der Waals surface area contributed by atoms with Crippen LogP contribution >= 0.6 is 0 Å². The molecule has 0 spiro atoms. The van der Waals surface area contributed by atoms with Gasteiger partial charge in [-0.2, -0.15) is 0 Å². The van der Waals surface area contributed by atoms with Crippen LogP contribution in [0.5, 0.6) is 0 Å². The van der Waals surface area contributed by atoms with Crippen LogP contribution in [0.4, 0.5) is 0 Å². The number of hydrogen-bond donors (Lipinski definition) is 0. The summed E-state index contributed by atoms with van der Waals surface area (Å²) in [6, 6.07) is 82.7. The third kappa shape index (κ3) is 5.71. The van der Waals surface area contributed by atoms with E-state index in [2.05, 4.69) is 221 Å². The molecule has 0 aliphatic heterocycles. The molecule has 0 radical (unpaired) electrons. The van der Waals surface area contributed by atoms with Gasteiger partial charge in [0.1, 0.15) is 17.0 Å². The Morgan fingerprint density at radius 3 is 1.45 bits per heavy atom. The molecular formula is C64H38N4O. The van der Waals surface area contributed by atoms with Gasteiger partial charge >= 0.3 is 0 Å². The van der Waals surface area contributed by atoms with Gasteiger partial charge in [0.2, 0.25) is 0 Å². The molecule has 0 aliphatic rings. The Hall–Kier alpha value is -9.32. The van der Waals surface area contributed by atoms with E-state index in [9.17, 15) is 0 Å². The highest BCUT2D eigenvalue weighted by molar-refractivity contribution is 6.33. The molecule has 15 rings (SSSR count). The molecule has 4 heterocycles. The SMILES string of the molecule is c1ccc(-c2nc(-c3cccc(-c4ccc5c(c4)c4cc(-c6ccc7c(c6)c6cccc8oc9cccc7c9c86)ccc4n5-c4ccccc4)c3)cc(-n3c4ccccc4c4ccccc43)n2)cc1. The Bertz CT molecular complexity index is 4490. The van der Waals surface area contributed by atoms with E-state index in [-0.39, 0.29) is 0 Å². The summed E-state index contributed by atoms with van der Waals surface area (Å²) in [5.41, 5.74) is 15.0. The van der Waals surface area contributed by atoms with Crippen molar-refractivity contribution in [3.63, 3.8) is 0 Å². The van der Waals surface area contributed by atoms with Gasteiger partial charge in [-0.3, -0.25) is 4.57 Å². The van der Waals surface area contributed by atoms with E-state index in [1.54, 1.807) is 0 Å². The van der Waals surface area contributed by atoms with Crippen molar-refractivity contribution in [1.82, 2.24) is 19.1 Å². The Kier molecular flexibility index (Phi) is 8.00. The fraction of sp³-hybridized carbons (Fsp3) is 0.